The fraction of sp³-hybridized carbons (Fsp3) is 0.500. The first-order valence-electron chi connectivity index (χ1n) is 11.3. The molecule has 1 aromatic carbocycles. The Morgan fingerprint density at radius 3 is 2.34 bits per heavy atom. The number of fused-ring (bicyclic) bond motifs is 1. The molecule has 6 nitrogen and oxygen atoms in total. The normalized spacial score (nSPS) is 18.4. The van der Waals surface area contributed by atoms with Crippen LogP contribution >= 0.6 is 0 Å². The molecule has 1 aliphatic rings. The summed E-state index contributed by atoms with van der Waals surface area (Å²) in [5.41, 5.74) is 2.43. The van der Waals surface area contributed by atoms with E-state index in [1.54, 1.807) is 24.3 Å². The van der Waals surface area contributed by atoms with E-state index in [0.29, 0.717) is 22.8 Å². The molecule has 3 rings (SSSR count). The highest BCUT2D eigenvalue weighted by atomic mass is 16.3. The molecule has 0 spiro atoms. The number of allylic oxidation sites excluding steroid dienone is 1. The number of nitrogens with zero attached hydrogens (tertiary/aromatic N) is 2. The lowest BCUT2D eigenvalue weighted by Crippen LogP contribution is -2.62. The van der Waals surface area contributed by atoms with Crippen LogP contribution in [0, 0.1) is 10.8 Å². The van der Waals surface area contributed by atoms with Gasteiger partial charge in [0.15, 0.2) is 0 Å². The molecule has 1 aliphatic heterocycles. The molecule has 32 heavy (non-hydrogen) atoms. The van der Waals surface area contributed by atoms with Gasteiger partial charge in [-0.15, -0.1) is 0 Å². The third-order valence-corrected chi connectivity index (χ3v) is 6.28. The van der Waals surface area contributed by atoms with Gasteiger partial charge in [-0.05, 0) is 76.3 Å². The zero-order valence-electron chi connectivity index (χ0n) is 20.4. The number of hydrogen-bond acceptors (Lipinski definition) is 5. The topological polar surface area (TPSA) is 96.1 Å². The summed E-state index contributed by atoms with van der Waals surface area (Å²) in [7, 11) is 1.95. The molecule has 6 heteroatoms. The average Bonchev–Trinajstić information content (AvgIpc) is 2.67. The SMILES string of the molecule is CC(C)c1cnc2cc(O)c(C(=N)/C=C\C(=N)N(C)C3CC(C)(C)NC(C)(C)C3)cc2c1. The average molecular weight is 436 g/mol. The summed E-state index contributed by atoms with van der Waals surface area (Å²) in [4.78, 5) is 6.44. The van der Waals surface area contributed by atoms with Crippen LogP contribution in [-0.2, 0) is 0 Å². The number of rotatable bonds is 5. The smallest absolute Gasteiger partial charge is 0.127 e. The number of benzene rings is 1. The van der Waals surface area contributed by atoms with Gasteiger partial charge >= 0.3 is 0 Å². The van der Waals surface area contributed by atoms with E-state index in [9.17, 15) is 5.11 Å². The summed E-state index contributed by atoms with van der Waals surface area (Å²) < 4.78 is 0. The van der Waals surface area contributed by atoms with Gasteiger partial charge in [0.05, 0.1) is 11.2 Å². The molecule has 0 unspecified atom stereocenters. The lowest BCUT2D eigenvalue weighted by atomic mass is 9.79. The van der Waals surface area contributed by atoms with Crippen molar-refractivity contribution in [2.45, 2.75) is 77.4 Å². The third-order valence-electron chi connectivity index (χ3n) is 6.28. The van der Waals surface area contributed by atoms with E-state index in [-0.39, 0.29) is 28.6 Å². The second kappa shape index (κ2) is 8.66. The molecule has 172 valence electrons. The summed E-state index contributed by atoms with van der Waals surface area (Å²) in [5.74, 6) is 0.737. The number of aromatic nitrogens is 1. The number of aromatic hydroxyl groups is 1. The zero-order valence-corrected chi connectivity index (χ0v) is 20.4. The Kier molecular flexibility index (Phi) is 6.47. The molecule has 0 saturated carbocycles. The largest absolute Gasteiger partial charge is 0.507 e. The Bertz CT molecular complexity index is 1050. The Hall–Kier alpha value is -2.73. The van der Waals surface area contributed by atoms with E-state index in [2.05, 4.69) is 57.9 Å². The van der Waals surface area contributed by atoms with Crippen LogP contribution in [-0.4, -0.2) is 50.7 Å². The molecule has 0 radical (unpaired) electrons. The van der Waals surface area contributed by atoms with E-state index in [0.717, 1.165) is 23.8 Å². The maximum absolute atomic E-state index is 10.5. The van der Waals surface area contributed by atoms with Crippen molar-refractivity contribution in [2.24, 2.45) is 0 Å². The van der Waals surface area contributed by atoms with Crippen molar-refractivity contribution in [2.75, 3.05) is 7.05 Å². The highest BCUT2D eigenvalue weighted by Gasteiger charge is 2.39. The van der Waals surface area contributed by atoms with Crippen molar-refractivity contribution in [1.29, 1.82) is 10.8 Å². The number of hydrogen-bond donors (Lipinski definition) is 4. The summed E-state index contributed by atoms with van der Waals surface area (Å²) in [6.07, 6.45) is 6.96. The van der Waals surface area contributed by atoms with Crippen molar-refractivity contribution < 1.29 is 5.11 Å². The van der Waals surface area contributed by atoms with E-state index in [4.69, 9.17) is 10.8 Å². The van der Waals surface area contributed by atoms with Crippen LogP contribution in [0.2, 0.25) is 0 Å². The molecule has 1 saturated heterocycles. The molecule has 1 aromatic heterocycles. The first-order valence-corrected chi connectivity index (χ1v) is 11.3. The number of likely N-dealkylation sites (N-methyl/N-ethyl adjacent to an activating group) is 1. The number of amidine groups is 1. The van der Waals surface area contributed by atoms with E-state index >= 15 is 0 Å². The van der Waals surface area contributed by atoms with Gasteiger partial charge in [-0.2, -0.15) is 0 Å². The second-order valence-electron chi connectivity index (χ2n) is 10.7. The highest BCUT2D eigenvalue weighted by Crippen LogP contribution is 2.31. The number of pyridine rings is 1. The van der Waals surface area contributed by atoms with Crippen molar-refractivity contribution in [3.8, 4) is 5.75 Å². The molecule has 4 N–H and O–H groups in total. The lowest BCUT2D eigenvalue weighted by Gasteiger charge is -2.49. The van der Waals surface area contributed by atoms with E-state index < -0.39 is 0 Å². The Balaban J connectivity index is 1.78. The first-order chi connectivity index (χ1) is 14.8. The summed E-state index contributed by atoms with van der Waals surface area (Å²) in [5, 5.41) is 32.1. The van der Waals surface area contributed by atoms with Crippen LogP contribution in [0.5, 0.6) is 5.75 Å². The highest BCUT2D eigenvalue weighted by molar-refractivity contribution is 6.12. The van der Waals surface area contributed by atoms with E-state index in [1.807, 2.05) is 18.1 Å². The molecule has 2 heterocycles. The Morgan fingerprint density at radius 2 is 1.75 bits per heavy atom. The molecular formula is C26H37N5O. The van der Waals surface area contributed by atoms with Crippen molar-refractivity contribution in [1.82, 2.24) is 15.2 Å². The van der Waals surface area contributed by atoms with Crippen LogP contribution in [0.15, 0.2) is 36.5 Å². The standard InChI is InChI=1S/C26H37N5O/c1-16(2)18-10-17-11-20(23(32)12-22(17)29-15-18)21(27)8-9-24(28)31(7)19-13-25(3,4)30-26(5,6)14-19/h8-12,15-16,19,27-28,30,32H,13-14H2,1-7H3/b9-8-,27-21?,28-24?. The van der Waals surface area contributed by atoms with Gasteiger partial charge in [-0.3, -0.25) is 10.4 Å². The van der Waals surface area contributed by atoms with Gasteiger partial charge in [0, 0.05) is 47.4 Å². The van der Waals surface area contributed by atoms with Crippen LogP contribution < -0.4 is 5.32 Å². The number of piperidine rings is 1. The second-order valence-corrected chi connectivity index (χ2v) is 10.7. The van der Waals surface area contributed by atoms with Crippen LogP contribution in [0.3, 0.4) is 0 Å². The summed E-state index contributed by atoms with van der Waals surface area (Å²) in [6.45, 7) is 13.0. The van der Waals surface area contributed by atoms with Gasteiger partial charge in [-0.25, -0.2) is 0 Å². The number of nitrogens with one attached hydrogen (secondary N) is 3. The minimum Gasteiger partial charge on any atom is -0.507 e. The molecular weight excluding hydrogens is 398 g/mol. The summed E-state index contributed by atoms with van der Waals surface area (Å²) in [6, 6.07) is 5.71. The number of phenols is 1. The fourth-order valence-electron chi connectivity index (χ4n) is 4.82. The fourth-order valence-corrected chi connectivity index (χ4v) is 4.82. The Morgan fingerprint density at radius 1 is 1.12 bits per heavy atom. The number of phenolic OH excluding ortho intramolecular Hbond substituents is 1. The zero-order chi connectivity index (χ0) is 23.8. The van der Waals surface area contributed by atoms with Crippen molar-refractivity contribution in [3.63, 3.8) is 0 Å². The van der Waals surface area contributed by atoms with Crippen molar-refractivity contribution in [3.05, 3.63) is 47.7 Å². The van der Waals surface area contributed by atoms with Crippen LogP contribution in [0.25, 0.3) is 10.9 Å². The predicted molar refractivity (Wildman–Crippen MR) is 133 cm³/mol. The summed E-state index contributed by atoms with van der Waals surface area (Å²) >= 11 is 0. The molecule has 0 bridgehead atoms. The van der Waals surface area contributed by atoms with Gasteiger partial charge in [0.2, 0.25) is 0 Å². The maximum Gasteiger partial charge on any atom is 0.127 e. The van der Waals surface area contributed by atoms with Gasteiger partial charge in [0.25, 0.3) is 0 Å². The minimum atomic E-state index is -0.00284. The molecule has 0 atom stereocenters. The monoisotopic (exact) mass is 435 g/mol. The third kappa shape index (κ3) is 5.36. The molecule has 1 fully saturated rings. The predicted octanol–water partition coefficient (Wildman–Crippen LogP) is 5.21. The lowest BCUT2D eigenvalue weighted by molar-refractivity contribution is 0.114. The molecule has 2 aromatic rings. The quantitative estimate of drug-likeness (QED) is 0.383. The van der Waals surface area contributed by atoms with Crippen LogP contribution in [0.4, 0.5) is 0 Å². The minimum absolute atomic E-state index is 0.00284. The van der Waals surface area contributed by atoms with E-state index in [1.165, 1.54) is 0 Å². The van der Waals surface area contributed by atoms with Gasteiger partial charge < -0.3 is 20.7 Å². The first kappa shape index (κ1) is 23.9. The molecule has 0 amide bonds. The van der Waals surface area contributed by atoms with Crippen molar-refractivity contribution >= 4 is 22.5 Å². The van der Waals surface area contributed by atoms with Gasteiger partial charge in [-0.1, -0.05) is 13.8 Å². The molecule has 0 aliphatic carbocycles. The van der Waals surface area contributed by atoms with Crippen LogP contribution in [0.1, 0.15) is 71.4 Å². The maximum atomic E-state index is 10.5. The Labute approximate surface area is 191 Å². The van der Waals surface area contributed by atoms with Gasteiger partial charge in [0.1, 0.15) is 11.6 Å².